The molecule has 0 aromatic rings. The molecule has 276 valence electrons. The summed E-state index contributed by atoms with van der Waals surface area (Å²) in [6.45, 7) is -1.41. The third-order valence-corrected chi connectivity index (χ3v) is 11.9. The van der Waals surface area contributed by atoms with Crippen molar-refractivity contribution in [3.05, 3.63) is 0 Å². The van der Waals surface area contributed by atoms with Crippen LogP contribution in [-0.4, -0.2) is 58.6 Å². The Morgan fingerprint density at radius 2 is 0.543 bits per heavy atom. The third-order valence-electron chi connectivity index (χ3n) is 11.9. The molecule has 1 aliphatic rings. The van der Waals surface area contributed by atoms with Crippen LogP contribution in [0.15, 0.2) is 0 Å². The van der Waals surface area contributed by atoms with Gasteiger partial charge in [0.25, 0.3) is 0 Å². The van der Waals surface area contributed by atoms with E-state index in [1.807, 2.05) is 0 Å². The molecular formula is C41H82O5. The van der Waals surface area contributed by atoms with Crippen molar-refractivity contribution in [2.24, 2.45) is 16.7 Å². The summed E-state index contributed by atoms with van der Waals surface area (Å²) in [6, 6.07) is 0. The zero-order valence-corrected chi connectivity index (χ0v) is 30.7. The van der Waals surface area contributed by atoms with Crippen LogP contribution in [0.5, 0.6) is 0 Å². The molecule has 46 heavy (non-hydrogen) atoms. The lowest BCUT2D eigenvalue weighted by Gasteiger charge is -2.51. The van der Waals surface area contributed by atoms with Gasteiger partial charge in [-0.15, -0.1) is 0 Å². The average molecular weight is 655 g/mol. The molecule has 0 radical (unpaired) electrons. The first kappa shape index (κ1) is 43.8. The van der Waals surface area contributed by atoms with Crippen molar-refractivity contribution >= 4 is 0 Å². The highest BCUT2D eigenvalue weighted by Gasteiger charge is 2.53. The minimum atomic E-state index is -1.10. The normalized spacial score (nSPS) is 25.4. The van der Waals surface area contributed by atoms with Crippen LogP contribution in [0.3, 0.4) is 0 Å². The van der Waals surface area contributed by atoms with Gasteiger partial charge in [0.15, 0.2) is 0 Å². The molecule has 0 aromatic heterocycles. The molecule has 0 spiro atoms. The van der Waals surface area contributed by atoms with Gasteiger partial charge in [0.05, 0.1) is 26.4 Å². The fourth-order valence-corrected chi connectivity index (χ4v) is 8.37. The van der Waals surface area contributed by atoms with Gasteiger partial charge in [0.1, 0.15) is 0 Å². The van der Waals surface area contributed by atoms with Crippen molar-refractivity contribution in [3.63, 3.8) is 0 Å². The SMILES string of the molecule is OCC1CCCCCCCCCCCCCCCCCCCCCCCCCCCCCCCCCC(CO)(CO)C1(CO)CO. The first-order valence-corrected chi connectivity index (χ1v) is 20.7. The smallest absolute Gasteiger partial charge is 0.0520 e. The van der Waals surface area contributed by atoms with E-state index in [1.54, 1.807) is 0 Å². The van der Waals surface area contributed by atoms with Crippen molar-refractivity contribution in [2.75, 3.05) is 33.0 Å². The molecular weight excluding hydrogens is 572 g/mol. The maximum atomic E-state index is 10.6. The maximum Gasteiger partial charge on any atom is 0.0520 e. The molecule has 5 N–H and O–H groups in total. The van der Waals surface area contributed by atoms with E-state index in [0.29, 0.717) is 12.8 Å². The molecule has 1 rings (SSSR count). The predicted molar refractivity (Wildman–Crippen MR) is 196 cm³/mol. The predicted octanol–water partition coefficient (Wildman–Crippen LogP) is 10.4. The lowest BCUT2D eigenvalue weighted by molar-refractivity contribution is -0.159. The standard InChI is InChI=1S/C41H82O5/c42-34-39-32-30-28-26-24-22-20-18-16-14-12-10-8-6-4-2-1-3-5-7-9-11-13-15-17-19-21-23-25-27-29-31-33-40(35-43,36-44)41(39,37-45)38-46/h39,42-46H,1-38H2. The number of hydrogen-bond donors (Lipinski definition) is 5. The van der Waals surface area contributed by atoms with E-state index in [-0.39, 0.29) is 39.0 Å². The monoisotopic (exact) mass is 655 g/mol. The molecule has 0 aromatic carbocycles. The lowest BCUT2D eigenvalue weighted by atomic mass is 9.55. The molecule has 5 heteroatoms. The van der Waals surface area contributed by atoms with Gasteiger partial charge < -0.3 is 25.5 Å². The van der Waals surface area contributed by atoms with Crippen LogP contribution < -0.4 is 0 Å². The van der Waals surface area contributed by atoms with Crippen molar-refractivity contribution < 1.29 is 25.5 Å². The number of aliphatic hydroxyl groups is 5. The molecule has 0 saturated heterocycles. The van der Waals surface area contributed by atoms with E-state index in [1.165, 1.54) is 167 Å². The summed E-state index contributed by atoms with van der Waals surface area (Å²) in [4.78, 5) is 0. The highest BCUT2D eigenvalue weighted by molar-refractivity contribution is 5.01. The molecule has 1 unspecified atom stereocenters. The molecule has 0 aliphatic heterocycles. The third kappa shape index (κ3) is 18.5. The molecule has 0 heterocycles. The van der Waals surface area contributed by atoms with Crippen molar-refractivity contribution in [1.29, 1.82) is 0 Å². The zero-order chi connectivity index (χ0) is 33.4. The summed E-state index contributed by atoms with van der Waals surface area (Å²) in [6.07, 6.45) is 41.9. The van der Waals surface area contributed by atoms with Crippen LogP contribution in [0.4, 0.5) is 0 Å². The Labute approximate surface area is 286 Å². The topological polar surface area (TPSA) is 101 Å². The van der Waals surface area contributed by atoms with Crippen LogP contribution in [0.25, 0.3) is 0 Å². The Morgan fingerprint density at radius 3 is 0.761 bits per heavy atom. The van der Waals surface area contributed by atoms with Crippen LogP contribution in [0.1, 0.15) is 212 Å². The number of aliphatic hydroxyl groups excluding tert-OH is 5. The van der Waals surface area contributed by atoms with Gasteiger partial charge in [-0.05, 0) is 18.8 Å². The van der Waals surface area contributed by atoms with E-state index in [0.717, 1.165) is 32.1 Å². The van der Waals surface area contributed by atoms with Crippen LogP contribution in [0.2, 0.25) is 0 Å². The summed E-state index contributed by atoms with van der Waals surface area (Å²) in [7, 11) is 0. The van der Waals surface area contributed by atoms with Gasteiger partial charge in [-0.1, -0.05) is 199 Å². The Balaban J connectivity index is 2.55. The number of hydrogen-bond acceptors (Lipinski definition) is 5. The summed E-state index contributed by atoms with van der Waals surface area (Å²) in [5.74, 6) is -0.349. The van der Waals surface area contributed by atoms with E-state index < -0.39 is 10.8 Å². The Bertz CT molecular complexity index is 618. The van der Waals surface area contributed by atoms with Gasteiger partial charge >= 0.3 is 0 Å². The molecule has 1 atom stereocenters. The fraction of sp³-hybridized carbons (Fsp3) is 1.00. The minimum absolute atomic E-state index is 0.150. The molecule has 1 saturated carbocycles. The summed E-state index contributed by atoms with van der Waals surface area (Å²) in [5, 5.41) is 52.8. The van der Waals surface area contributed by atoms with Crippen molar-refractivity contribution in [2.45, 2.75) is 212 Å². The molecule has 5 nitrogen and oxygen atoms in total. The largest absolute Gasteiger partial charge is 0.396 e. The maximum absolute atomic E-state index is 10.6. The van der Waals surface area contributed by atoms with Gasteiger partial charge in [-0.3, -0.25) is 0 Å². The first-order chi connectivity index (χ1) is 22.7. The van der Waals surface area contributed by atoms with Gasteiger partial charge in [-0.25, -0.2) is 0 Å². The minimum Gasteiger partial charge on any atom is -0.396 e. The molecule has 0 bridgehead atoms. The van der Waals surface area contributed by atoms with Crippen molar-refractivity contribution in [3.8, 4) is 0 Å². The lowest BCUT2D eigenvalue weighted by Crippen LogP contribution is -2.57. The number of rotatable bonds is 5. The molecule has 0 amide bonds. The summed E-state index contributed by atoms with van der Waals surface area (Å²) < 4.78 is 0. The molecule has 1 aliphatic carbocycles. The zero-order valence-electron chi connectivity index (χ0n) is 30.7. The first-order valence-electron chi connectivity index (χ1n) is 20.7. The second kappa shape index (κ2) is 30.8. The summed E-state index contributed by atoms with van der Waals surface area (Å²) >= 11 is 0. The highest BCUT2D eigenvalue weighted by atomic mass is 16.3. The van der Waals surface area contributed by atoms with E-state index in [2.05, 4.69) is 0 Å². The van der Waals surface area contributed by atoms with Gasteiger partial charge in [0, 0.05) is 17.4 Å². The Hall–Kier alpha value is -0.200. The average Bonchev–Trinajstić information content (AvgIpc) is 3.08. The van der Waals surface area contributed by atoms with Crippen LogP contribution in [0, 0.1) is 16.7 Å². The highest BCUT2D eigenvalue weighted by Crippen LogP contribution is 2.49. The van der Waals surface area contributed by atoms with Crippen LogP contribution in [-0.2, 0) is 0 Å². The van der Waals surface area contributed by atoms with E-state index >= 15 is 0 Å². The quantitative estimate of drug-likeness (QED) is 0.203. The molecule has 1 fully saturated rings. The second-order valence-electron chi connectivity index (χ2n) is 15.4. The van der Waals surface area contributed by atoms with Crippen molar-refractivity contribution in [1.82, 2.24) is 0 Å². The van der Waals surface area contributed by atoms with Gasteiger partial charge in [0.2, 0.25) is 0 Å². The van der Waals surface area contributed by atoms with Gasteiger partial charge in [-0.2, -0.15) is 0 Å². The second-order valence-corrected chi connectivity index (χ2v) is 15.4. The Morgan fingerprint density at radius 1 is 0.304 bits per heavy atom. The van der Waals surface area contributed by atoms with Crippen LogP contribution >= 0.6 is 0 Å². The fourth-order valence-electron chi connectivity index (χ4n) is 8.37. The Kier molecular flexibility index (Phi) is 29.4. The van der Waals surface area contributed by atoms with E-state index in [9.17, 15) is 25.5 Å². The summed E-state index contributed by atoms with van der Waals surface area (Å²) in [5.41, 5.74) is -2.10. The van der Waals surface area contributed by atoms with E-state index in [4.69, 9.17) is 0 Å².